The number of rotatable bonds is 6. The van der Waals surface area contributed by atoms with Crippen molar-refractivity contribution in [3.63, 3.8) is 0 Å². The predicted molar refractivity (Wildman–Crippen MR) is 102 cm³/mol. The summed E-state index contributed by atoms with van der Waals surface area (Å²) < 4.78 is 1.78. The quantitative estimate of drug-likeness (QED) is 0.841. The Morgan fingerprint density at radius 3 is 2.74 bits per heavy atom. The molecule has 0 aliphatic carbocycles. The summed E-state index contributed by atoms with van der Waals surface area (Å²) >= 11 is 0. The first kappa shape index (κ1) is 19.1. The van der Waals surface area contributed by atoms with Crippen LogP contribution in [0.5, 0.6) is 0 Å². The summed E-state index contributed by atoms with van der Waals surface area (Å²) in [7, 11) is 1.84. The number of carboxylic acids is 1. The van der Waals surface area contributed by atoms with E-state index in [1.54, 1.807) is 17.1 Å². The highest BCUT2D eigenvalue weighted by Crippen LogP contribution is 2.17. The van der Waals surface area contributed by atoms with Crippen molar-refractivity contribution in [3.05, 3.63) is 53.9 Å². The summed E-state index contributed by atoms with van der Waals surface area (Å²) in [5, 5.41) is 13.3. The van der Waals surface area contributed by atoms with Crippen molar-refractivity contribution < 1.29 is 14.7 Å². The SMILES string of the molecule is CN(CC(=O)O)C1CCCN(C(=O)c2cnn(Cc3ccccc3)c2)CC1. The highest BCUT2D eigenvalue weighted by atomic mass is 16.4. The normalized spacial score (nSPS) is 17.7. The molecule has 1 aliphatic heterocycles. The fourth-order valence-electron chi connectivity index (χ4n) is 3.58. The van der Waals surface area contributed by atoms with Crippen LogP contribution in [0.1, 0.15) is 35.2 Å². The number of likely N-dealkylation sites (tertiary alicyclic amines) is 1. The lowest BCUT2D eigenvalue weighted by molar-refractivity contribution is -0.138. The largest absolute Gasteiger partial charge is 0.480 e. The molecule has 27 heavy (non-hydrogen) atoms. The van der Waals surface area contributed by atoms with Crippen LogP contribution in [0.25, 0.3) is 0 Å². The van der Waals surface area contributed by atoms with Gasteiger partial charge < -0.3 is 10.0 Å². The lowest BCUT2D eigenvalue weighted by Crippen LogP contribution is -2.37. The highest BCUT2D eigenvalue weighted by molar-refractivity contribution is 5.93. The minimum absolute atomic E-state index is 0.00384. The molecule has 1 aromatic heterocycles. The maximum atomic E-state index is 12.8. The Kier molecular flexibility index (Phi) is 6.24. The Hall–Kier alpha value is -2.67. The summed E-state index contributed by atoms with van der Waals surface area (Å²) in [6.45, 7) is 2.00. The molecule has 144 valence electrons. The van der Waals surface area contributed by atoms with Gasteiger partial charge in [0, 0.05) is 25.3 Å². The Morgan fingerprint density at radius 1 is 1.22 bits per heavy atom. The number of likely N-dealkylation sites (N-methyl/N-ethyl adjacent to an activating group) is 1. The van der Waals surface area contributed by atoms with Crippen LogP contribution in [0.4, 0.5) is 0 Å². The maximum absolute atomic E-state index is 12.8. The van der Waals surface area contributed by atoms with E-state index in [0.717, 1.165) is 24.8 Å². The van der Waals surface area contributed by atoms with Crippen molar-refractivity contribution >= 4 is 11.9 Å². The van der Waals surface area contributed by atoms with Crippen LogP contribution < -0.4 is 0 Å². The zero-order valence-corrected chi connectivity index (χ0v) is 15.6. The van der Waals surface area contributed by atoms with Crippen LogP contribution in [0.2, 0.25) is 0 Å². The molecule has 0 saturated carbocycles. The molecule has 1 saturated heterocycles. The van der Waals surface area contributed by atoms with E-state index in [1.165, 1.54) is 0 Å². The van der Waals surface area contributed by atoms with Crippen LogP contribution in [-0.4, -0.2) is 69.3 Å². The number of amides is 1. The summed E-state index contributed by atoms with van der Waals surface area (Å²) in [5.41, 5.74) is 1.74. The third-order valence-corrected chi connectivity index (χ3v) is 5.06. The number of carboxylic acid groups (broad SMARTS) is 1. The van der Waals surface area contributed by atoms with E-state index in [9.17, 15) is 9.59 Å². The molecule has 1 unspecified atom stereocenters. The number of hydrogen-bond acceptors (Lipinski definition) is 4. The lowest BCUT2D eigenvalue weighted by Gasteiger charge is -2.25. The second kappa shape index (κ2) is 8.81. The zero-order chi connectivity index (χ0) is 19.2. The van der Waals surface area contributed by atoms with Gasteiger partial charge in [-0.15, -0.1) is 0 Å². The van der Waals surface area contributed by atoms with Gasteiger partial charge in [-0.2, -0.15) is 5.10 Å². The van der Waals surface area contributed by atoms with Crippen molar-refractivity contribution in [2.24, 2.45) is 0 Å². The van der Waals surface area contributed by atoms with Gasteiger partial charge in [0.1, 0.15) is 0 Å². The van der Waals surface area contributed by atoms with Gasteiger partial charge in [-0.05, 0) is 31.9 Å². The molecule has 1 N–H and O–H groups in total. The van der Waals surface area contributed by atoms with E-state index in [4.69, 9.17) is 5.11 Å². The van der Waals surface area contributed by atoms with Gasteiger partial charge >= 0.3 is 5.97 Å². The Morgan fingerprint density at radius 2 is 2.00 bits per heavy atom. The monoisotopic (exact) mass is 370 g/mol. The van der Waals surface area contributed by atoms with Gasteiger partial charge in [-0.1, -0.05) is 30.3 Å². The topological polar surface area (TPSA) is 78.7 Å². The van der Waals surface area contributed by atoms with Gasteiger partial charge in [-0.25, -0.2) is 0 Å². The second-order valence-corrected chi connectivity index (χ2v) is 7.10. The van der Waals surface area contributed by atoms with Crippen LogP contribution in [0.3, 0.4) is 0 Å². The Bertz CT molecular complexity index is 775. The van der Waals surface area contributed by atoms with E-state index in [-0.39, 0.29) is 18.5 Å². The molecule has 1 aromatic carbocycles. The number of aromatic nitrogens is 2. The first-order valence-electron chi connectivity index (χ1n) is 9.30. The average molecular weight is 370 g/mol. The molecule has 2 aromatic rings. The van der Waals surface area contributed by atoms with Gasteiger partial charge in [0.25, 0.3) is 5.91 Å². The molecule has 1 fully saturated rings. The molecular formula is C20H26N4O3. The van der Waals surface area contributed by atoms with Gasteiger partial charge in [-0.3, -0.25) is 19.2 Å². The number of benzene rings is 1. The number of aliphatic carboxylic acids is 1. The average Bonchev–Trinajstić information content (AvgIpc) is 2.96. The molecule has 0 radical (unpaired) electrons. The summed E-state index contributed by atoms with van der Waals surface area (Å²) in [4.78, 5) is 27.5. The minimum Gasteiger partial charge on any atom is -0.480 e. The van der Waals surface area contributed by atoms with Crippen LogP contribution in [0.15, 0.2) is 42.7 Å². The van der Waals surface area contributed by atoms with E-state index in [2.05, 4.69) is 5.10 Å². The molecule has 1 atom stereocenters. The van der Waals surface area contributed by atoms with Gasteiger partial charge in [0.15, 0.2) is 0 Å². The van der Waals surface area contributed by atoms with E-state index >= 15 is 0 Å². The molecule has 1 aliphatic rings. The fraction of sp³-hybridized carbons (Fsp3) is 0.450. The summed E-state index contributed by atoms with van der Waals surface area (Å²) in [6.07, 6.45) is 5.99. The fourth-order valence-corrected chi connectivity index (χ4v) is 3.58. The van der Waals surface area contributed by atoms with Crippen LogP contribution >= 0.6 is 0 Å². The van der Waals surface area contributed by atoms with Crippen molar-refractivity contribution in [3.8, 4) is 0 Å². The number of hydrogen-bond donors (Lipinski definition) is 1. The van der Waals surface area contributed by atoms with Crippen molar-refractivity contribution in [1.29, 1.82) is 0 Å². The van der Waals surface area contributed by atoms with Crippen LogP contribution in [0, 0.1) is 0 Å². The van der Waals surface area contributed by atoms with E-state index in [1.807, 2.05) is 47.2 Å². The van der Waals surface area contributed by atoms with Crippen molar-refractivity contribution in [2.45, 2.75) is 31.8 Å². The number of carbonyl (C=O) groups excluding carboxylic acids is 1. The van der Waals surface area contributed by atoms with Gasteiger partial charge in [0.05, 0.1) is 24.8 Å². The molecule has 7 heteroatoms. The number of carbonyl (C=O) groups is 2. The molecule has 7 nitrogen and oxygen atoms in total. The summed E-state index contributed by atoms with van der Waals surface area (Å²) in [6, 6.07) is 10.2. The third-order valence-electron chi connectivity index (χ3n) is 5.06. The smallest absolute Gasteiger partial charge is 0.317 e. The third kappa shape index (κ3) is 5.17. The second-order valence-electron chi connectivity index (χ2n) is 7.10. The predicted octanol–water partition coefficient (Wildman–Crippen LogP) is 1.94. The molecular weight excluding hydrogens is 344 g/mol. The standard InChI is InChI=1S/C20H26N4O3/c1-22(15-19(25)26)18-8-5-10-23(11-9-18)20(27)17-12-21-24(14-17)13-16-6-3-2-4-7-16/h2-4,6-7,12,14,18H,5,8-11,13,15H2,1H3,(H,25,26). The van der Waals surface area contributed by atoms with Crippen molar-refractivity contribution in [2.75, 3.05) is 26.7 Å². The van der Waals surface area contributed by atoms with Crippen LogP contribution in [-0.2, 0) is 11.3 Å². The van der Waals surface area contributed by atoms with E-state index in [0.29, 0.717) is 25.2 Å². The van der Waals surface area contributed by atoms with Crippen molar-refractivity contribution in [1.82, 2.24) is 19.6 Å². The molecule has 3 rings (SSSR count). The number of nitrogens with zero attached hydrogens (tertiary/aromatic N) is 4. The summed E-state index contributed by atoms with van der Waals surface area (Å²) in [5.74, 6) is -0.823. The lowest BCUT2D eigenvalue weighted by atomic mass is 10.1. The zero-order valence-electron chi connectivity index (χ0n) is 15.6. The molecule has 1 amide bonds. The Labute approximate surface area is 159 Å². The Balaban J connectivity index is 1.59. The van der Waals surface area contributed by atoms with Gasteiger partial charge in [0.2, 0.25) is 0 Å². The highest BCUT2D eigenvalue weighted by Gasteiger charge is 2.25. The van der Waals surface area contributed by atoms with E-state index < -0.39 is 5.97 Å². The first-order chi connectivity index (χ1) is 13.0. The molecule has 0 bridgehead atoms. The molecule has 0 spiro atoms. The molecule has 2 heterocycles. The first-order valence-corrected chi connectivity index (χ1v) is 9.30. The maximum Gasteiger partial charge on any atom is 0.317 e. The minimum atomic E-state index is -0.819.